The van der Waals surface area contributed by atoms with Gasteiger partial charge in [-0.25, -0.2) is 0 Å². The van der Waals surface area contributed by atoms with Crippen LogP contribution in [0, 0.1) is 5.92 Å². The number of hydrogen-bond donors (Lipinski definition) is 2. The number of carbonyl (C=O) groups is 2. The van der Waals surface area contributed by atoms with Crippen molar-refractivity contribution in [2.24, 2.45) is 5.92 Å². The average Bonchev–Trinajstić information content (AvgIpc) is 3.34. The van der Waals surface area contributed by atoms with Crippen LogP contribution in [0.3, 0.4) is 0 Å². The van der Waals surface area contributed by atoms with E-state index in [2.05, 4.69) is 7.05 Å². The highest BCUT2D eigenvalue weighted by Crippen LogP contribution is 2.65. The standard InChI is InChI=1S/C21H23NO5.BrH/c1-22(10-11-2-3-11)7-6-20-17-12-4-5-13(23)18(17)27-19(20)14(24)9-16(25)21(20,26)15(22)8-12;/h4-5,11,15,19,26H,2-3,6-10H2,1H3;1H/t15?,19-,20?,21-,22?;/m0./s1. The summed E-state index contributed by atoms with van der Waals surface area (Å²) in [5, 5.41) is 22.4. The molecule has 0 radical (unpaired) electrons. The summed E-state index contributed by atoms with van der Waals surface area (Å²) in [6, 6.07) is 3.21. The number of carbonyl (C=O) groups excluding carboxylic acids is 2. The third-order valence-corrected chi connectivity index (χ3v) is 8.12. The average molecular weight is 450 g/mol. The Bertz CT molecular complexity index is 930. The van der Waals surface area contributed by atoms with Crippen LogP contribution in [0.4, 0.5) is 0 Å². The van der Waals surface area contributed by atoms with E-state index in [0.29, 0.717) is 34.6 Å². The molecule has 7 heteroatoms. The van der Waals surface area contributed by atoms with Crippen LogP contribution in [-0.2, 0) is 21.4 Å². The highest BCUT2D eigenvalue weighted by atomic mass is 79.9. The number of quaternary nitrogens is 1. The number of benzene rings is 1. The fourth-order valence-electron chi connectivity index (χ4n) is 6.76. The van der Waals surface area contributed by atoms with Crippen molar-refractivity contribution in [3.05, 3.63) is 23.3 Å². The molecule has 3 fully saturated rings. The monoisotopic (exact) mass is 449 g/mol. The van der Waals surface area contributed by atoms with Crippen LogP contribution in [0.25, 0.3) is 0 Å². The number of phenolic OH excluding ortho intramolecular Hbond substituents is 1. The van der Waals surface area contributed by atoms with Gasteiger partial charge in [-0.2, -0.15) is 0 Å². The molecule has 2 heterocycles. The van der Waals surface area contributed by atoms with Gasteiger partial charge in [0, 0.05) is 24.3 Å². The fraction of sp³-hybridized carbons (Fsp3) is 0.619. The van der Waals surface area contributed by atoms with E-state index in [1.165, 1.54) is 12.8 Å². The van der Waals surface area contributed by atoms with Crippen molar-refractivity contribution in [3.63, 3.8) is 0 Å². The van der Waals surface area contributed by atoms with E-state index in [-0.39, 0.29) is 46.8 Å². The predicted octanol–water partition coefficient (Wildman–Crippen LogP) is -2.15. The Morgan fingerprint density at radius 3 is 2.75 bits per heavy atom. The smallest absolute Gasteiger partial charge is 0.189 e. The number of piperidine rings is 1. The molecule has 0 amide bonds. The van der Waals surface area contributed by atoms with Gasteiger partial charge in [0.1, 0.15) is 6.04 Å². The van der Waals surface area contributed by atoms with Gasteiger partial charge in [0.25, 0.3) is 0 Å². The third-order valence-electron chi connectivity index (χ3n) is 8.12. The number of hydrogen-bond acceptors (Lipinski definition) is 5. The Morgan fingerprint density at radius 1 is 1.29 bits per heavy atom. The van der Waals surface area contributed by atoms with Crippen LogP contribution in [0.15, 0.2) is 12.1 Å². The second-order valence-electron chi connectivity index (χ2n) is 9.55. The molecule has 1 spiro atoms. The molecule has 2 bridgehead atoms. The number of ketones is 2. The maximum Gasteiger partial charge on any atom is 0.189 e. The molecule has 5 atom stereocenters. The van der Waals surface area contributed by atoms with Gasteiger partial charge in [0.2, 0.25) is 0 Å². The fourth-order valence-corrected chi connectivity index (χ4v) is 6.76. The summed E-state index contributed by atoms with van der Waals surface area (Å²) in [7, 11) is 2.16. The van der Waals surface area contributed by atoms with Gasteiger partial charge in [0.15, 0.2) is 34.8 Å². The van der Waals surface area contributed by atoms with Gasteiger partial charge >= 0.3 is 0 Å². The highest BCUT2D eigenvalue weighted by molar-refractivity contribution is 6.11. The Balaban J connectivity index is 0.00000171. The molecule has 150 valence electrons. The number of rotatable bonds is 2. The Hall–Kier alpha value is -1.44. The van der Waals surface area contributed by atoms with Crippen LogP contribution >= 0.6 is 0 Å². The summed E-state index contributed by atoms with van der Waals surface area (Å²) in [6.07, 6.45) is 2.37. The lowest BCUT2D eigenvalue weighted by Gasteiger charge is -2.63. The molecule has 1 saturated heterocycles. The molecule has 28 heavy (non-hydrogen) atoms. The number of aliphatic hydroxyl groups is 1. The van der Waals surface area contributed by atoms with E-state index in [9.17, 15) is 19.8 Å². The number of halogens is 1. The van der Waals surface area contributed by atoms with Gasteiger partial charge in [-0.05, 0) is 24.5 Å². The summed E-state index contributed by atoms with van der Waals surface area (Å²) in [5.41, 5.74) is -0.945. The molecular weight excluding hydrogens is 426 g/mol. The third kappa shape index (κ3) is 1.86. The number of likely N-dealkylation sites (tertiary alicyclic amines) is 1. The maximum atomic E-state index is 13.2. The first-order valence-electron chi connectivity index (χ1n) is 9.96. The summed E-state index contributed by atoms with van der Waals surface area (Å²) in [5.74, 6) is 0.319. The van der Waals surface area contributed by atoms with E-state index in [4.69, 9.17) is 4.74 Å². The van der Waals surface area contributed by atoms with Crippen molar-refractivity contribution in [3.8, 4) is 11.5 Å². The normalized spacial score (nSPS) is 42.5. The Kier molecular flexibility index (Phi) is 3.57. The van der Waals surface area contributed by atoms with Gasteiger partial charge in [0.05, 0.1) is 32.0 Å². The molecule has 2 saturated carbocycles. The lowest BCUT2D eigenvalue weighted by atomic mass is 9.48. The summed E-state index contributed by atoms with van der Waals surface area (Å²) >= 11 is 0. The molecule has 3 aliphatic carbocycles. The molecule has 1 aromatic rings. The second kappa shape index (κ2) is 5.37. The first kappa shape index (κ1) is 18.6. The largest absolute Gasteiger partial charge is 1.00 e. The minimum absolute atomic E-state index is 0. The van der Waals surface area contributed by atoms with Crippen molar-refractivity contribution < 1.29 is 46.0 Å². The van der Waals surface area contributed by atoms with E-state index in [1.54, 1.807) is 6.07 Å². The number of likely N-dealkylation sites (N-methyl/N-ethyl adjacent to an activating group) is 1. The predicted molar refractivity (Wildman–Crippen MR) is 94.5 cm³/mol. The Morgan fingerprint density at radius 2 is 2.04 bits per heavy atom. The number of ether oxygens (including phenoxy) is 1. The van der Waals surface area contributed by atoms with Crippen molar-refractivity contribution in [1.29, 1.82) is 0 Å². The van der Waals surface area contributed by atoms with E-state index in [0.717, 1.165) is 18.7 Å². The summed E-state index contributed by atoms with van der Waals surface area (Å²) < 4.78 is 6.65. The van der Waals surface area contributed by atoms with Crippen molar-refractivity contribution in [1.82, 2.24) is 0 Å². The van der Waals surface area contributed by atoms with Crippen LogP contribution in [0.2, 0.25) is 0 Å². The zero-order valence-electron chi connectivity index (χ0n) is 15.8. The van der Waals surface area contributed by atoms with Crippen molar-refractivity contribution in [2.45, 2.75) is 55.3 Å². The van der Waals surface area contributed by atoms with Gasteiger partial charge in [-0.3, -0.25) is 9.59 Å². The van der Waals surface area contributed by atoms with Crippen LogP contribution in [-0.4, -0.2) is 64.1 Å². The van der Waals surface area contributed by atoms with Gasteiger partial charge in [-0.15, -0.1) is 0 Å². The summed E-state index contributed by atoms with van der Waals surface area (Å²) in [6.45, 7) is 1.77. The summed E-state index contributed by atoms with van der Waals surface area (Å²) in [4.78, 5) is 26.0. The zero-order chi connectivity index (χ0) is 18.8. The lowest BCUT2D eigenvalue weighted by Crippen LogP contribution is -3.00. The van der Waals surface area contributed by atoms with Gasteiger partial charge < -0.3 is 36.4 Å². The van der Waals surface area contributed by atoms with Crippen LogP contribution in [0.5, 0.6) is 11.5 Å². The molecule has 1 aromatic carbocycles. The SMILES string of the molecule is C[N+]1(CC2CC2)CCC23c4c5ccc(O)c4O[C@H]2C(=O)CC(=O)[C@@]3(O)C1C5.[Br-]. The molecule has 2 N–H and O–H groups in total. The van der Waals surface area contributed by atoms with E-state index >= 15 is 0 Å². The Labute approximate surface area is 173 Å². The number of aromatic hydroxyl groups is 1. The highest BCUT2D eigenvalue weighted by Gasteiger charge is 2.79. The number of Topliss-reactive ketones (excluding diaryl/α,β-unsaturated/α-hetero) is 2. The lowest BCUT2D eigenvalue weighted by molar-refractivity contribution is -0.948. The molecule has 0 aromatic heterocycles. The van der Waals surface area contributed by atoms with Crippen molar-refractivity contribution >= 4 is 11.6 Å². The molecule has 2 aliphatic heterocycles. The molecule has 5 aliphatic rings. The molecule has 6 rings (SSSR count). The van der Waals surface area contributed by atoms with Crippen LogP contribution in [0.1, 0.15) is 36.8 Å². The molecular formula is C21H24BrNO5. The minimum Gasteiger partial charge on any atom is -1.00 e. The number of nitrogens with zero attached hydrogens (tertiary/aromatic N) is 1. The van der Waals surface area contributed by atoms with E-state index in [1.807, 2.05) is 6.07 Å². The second-order valence-corrected chi connectivity index (χ2v) is 9.55. The van der Waals surface area contributed by atoms with E-state index < -0.39 is 17.1 Å². The van der Waals surface area contributed by atoms with Crippen LogP contribution < -0.4 is 21.7 Å². The first-order valence-corrected chi connectivity index (χ1v) is 9.96. The minimum atomic E-state index is -1.61. The first-order chi connectivity index (χ1) is 12.8. The van der Waals surface area contributed by atoms with Gasteiger partial charge in [-0.1, -0.05) is 6.07 Å². The quantitative estimate of drug-likeness (QED) is 0.397. The molecule has 3 unspecified atom stereocenters. The maximum absolute atomic E-state index is 13.2. The topological polar surface area (TPSA) is 83.8 Å². The number of phenols is 1. The van der Waals surface area contributed by atoms with Crippen molar-refractivity contribution in [2.75, 3.05) is 20.1 Å². The zero-order valence-corrected chi connectivity index (χ0v) is 17.4. The molecule has 6 nitrogen and oxygen atoms in total.